The van der Waals surface area contributed by atoms with Crippen LogP contribution < -0.4 is 20.7 Å². The van der Waals surface area contributed by atoms with Crippen molar-refractivity contribution in [3.05, 3.63) is 101 Å². The molecular weight excluding hydrogens is 731 g/mol. The summed E-state index contributed by atoms with van der Waals surface area (Å²) in [7, 11) is 0. The van der Waals surface area contributed by atoms with E-state index in [0.29, 0.717) is 91.9 Å². The highest BCUT2D eigenvalue weighted by atomic mass is 16.6. The summed E-state index contributed by atoms with van der Waals surface area (Å²) in [6.45, 7) is 9.09. The third-order valence-corrected chi connectivity index (χ3v) is 8.77. The van der Waals surface area contributed by atoms with Gasteiger partial charge in [0.2, 0.25) is 5.91 Å². The quantitative estimate of drug-likeness (QED) is 0.0204. The second kappa shape index (κ2) is 25.8. The Balaban J connectivity index is 1.19. The van der Waals surface area contributed by atoms with Crippen LogP contribution in [-0.2, 0) is 28.5 Å². The number of amides is 1. The van der Waals surface area contributed by atoms with Gasteiger partial charge < -0.3 is 44.7 Å². The standard InChI is InChI=1S/C42H55N7O8/c1-31-15-17-45-40(28-31)44-16-5-8-41(50)48-32(2)30-46-38(29-42(51)52)34-11-9-33(10-12-34)35-13-14-39(37-7-4-3-6-36(35)37)57-27-26-56-25-24-55-23-22-54-21-20-53-19-18-47-49-43/h3-4,6-7,9-15,17,28,32,38,46H,5,8,16,18-27,29-30H2,1-2H3,(H,44,45)(H,48,50)(H,51,52)/t32-,38-/m0/s1. The fourth-order valence-electron chi connectivity index (χ4n) is 5.96. The van der Waals surface area contributed by atoms with Gasteiger partial charge in [0, 0.05) is 54.6 Å². The zero-order valence-electron chi connectivity index (χ0n) is 32.9. The summed E-state index contributed by atoms with van der Waals surface area (Å²) in [5, 5.41) is 24.7. The van der Waals surface area contributed by atoms with Gasteiger partial charge in [-0.2, -0.15) is 0 Å². The lowest BCUT2D eigenvalue weighted by Crippen LogP contribution is -2.41. The van der Waals surface area contributed by atoms with E-state index in [4.69, 9.17) is 29.2 Å². The number of anilines is 1. The van der Waals surface area contributed by atoms with Crippen molar-refractivity contribution in [2.45, 2.75) is 45.2 Å². The molecule has 0 aliphatic rings. The number of aliphatic carboxylic acids is 1. The normalized spacial score (nSPS) is 12.1. The van der Waals surface area contributed by atoms with E-state index in [-0.39, 0.29) is 18.4 Å². The molecule has 0 aliphatic carbocycles. The first-order chi connectivity index (χ1) is 27.8. The minimum atomic E-state index is -0.912. The average molecular weight is 786 g/mol. The van der Waals surface area contributed by atoms with Crippen LogP contribution in [-0.4, -0.2) is 107 Å². The van der Waals surface area contributed by atoms with Gasteiger partial charge in [-0.05, 0) is 71.6 Å². The van der Waals surface area contributed by atoms with E-state index in [9.17, 15) is 14.7 Å². The van der Waals surface area contributed by atoms with E-state index in [1.165, 1.54) is 0 Å². The van der Waals surface area contributed by atoms with Crippen molar-refractivity contribution < 1.29 is 38.4 Å². The number of benzene rings is 3. The Hall–Kier alpha value is -5.28. The second-order valence-electron chi connectivity index (χ2n) is 13.3. The predicted octanol–water partition coefficient (Wildman–Crippen LogP) is 6.47. The van der Waals surface area contributed by atoms with E-state index in [1.807, 2.05) is 80.6 Å². The molecule has 0 saturated carbocycles. The smallest absolute Gasteiger partial charge is 0.305 e. The minimum absolute atomic E-state index is 0.0554. The Morgan fingerprint density at radius 3 is 2.19 bits per heavy atom. The van der Waals surface area contributed by atoms with Crippen molar-refractivity contribution in [3.8, 4) is 16.9 Å². The second-order valence-corrected chi connectivity index (χ2v) is 13.3. The highest BCUT2D eigenvalue weighted by Crippen LogP contribution is 2.35. The van der Waals surface area contributed by atoms with Crippen LogP contribution >= 0.6 is 0 Å². The molecule has 0 bridgehead atoms. The largest absolute Gasteiger partial charge is 0.491 e. The third-order valence-electron chi connectivity index (χ3n) is 8.77. The molecule has 0 aliphatic heterocycles. The highest BCUT2D eigenvalue weighted by Gasteiger charge is 2.18. The van der Waals surface area contributed by atoms with Gasteiger partial charge in [-0.3, -0.25) is 9.59 Å². The number of rotatable bonds is 29. The fourth-order valence-corrected chi connectivity index (χ4v) is 5.96. The number of carbonyl (C=O) groups excluding carboxylic acids is 1. The number of azide groups is 1. The van der Waals surface area contributed by atoms with E-state index in [0.717, 1.165) is 44.6 Å². The lowest BCUT2D eigenvalue weighted by molar-refractivity contribution is -0.137. The number of fused-ring (bicyclic) bond motifs is 1. The van der Waals surface area contributed by atoms with Gasteiger partial charge in [-0.15, -0.1) is 0 Å². The first kappa shape index (κ1) is 44.4. The monoisotopic (exact) mass is 785 g/mol. The number of carbonyl (C=O) groups is 2. The van der Waals surface area contributed by atoms with Gasteiger partial charge in [0.05, 0.1) is 59.3 Å². The first-order valence-electron chi connectivity index (χ1n) is 19.3. The van der Waals surface area contributed by atoms with Crippen molar-refractivity contribution in [2.24, 2.45) is 5.11 Å². The van der Waals surface area contributed by atoms with Crippen LogP contribution in [0, 0.1) is 6.92 Å². The van der Waals surface area contributed by atoms with Gasteiger partial charge in [-0.25, -0.2) is 4.98 Å². The average Bonchev–Trinajstić information content (AvgIpc) is 3.21. The van der Waals surface area contributed by atoms with Gasteiger partial charge >= 0.3 is 5.97 Å². The fraction of sp³-hybridized carbons (Fsp3) is 0.452. The predicted molar refractivity (Wildman–Crippen MR) is 219 cm³/mol. The van der Waals surface area contributed by atoms with Crippen LogP contribution in [0.25, 0.3) is 32.3 Å². The molecule has 306 valence electrons. The van der Waals surface area contributed by atoms with Gasteiger partial charge in [0.15, 0.2) is 0 Å². The van der Waals surface area contributed by atoms with Crippen LogP contribution in [0.3, 0.4) is 0 Å². The molecule has 1 amide bonds. The maximum atomic E-state index is 12.6. The molecule has 0 fully saturated rings. The van der Waals surface area contributed by atoms with Crippen LogP contribution in [0.4, 0.5) is 5.82 Å². The molecular formula is C42H55N7O8. The SMILES string of the molecule is Cc1ccnc(NCCCC(=O)N[C@@H](C)CN[C@@H](CC(=O)O)c2ccc(-c3ccc(OCCOCCOCCOCCOCCN=[N+]=[N-])c4ccccc34)cc2)c1. The van der Waals surface area contributed by atoms with Crippen molar-refractivity contribution in [1.82, 2.24) is 15.6 Å². The van der Waals surface area contributed by atoms with Crippen molar-refractivity contribution >= 4 is 28.5 Å². The number of nitrogens with one attached hydrogen (secondary N) is 3. The Morgan fingerprint density at radius 1 is 0.860 bits per heavy atom. The van der Waals surface area contributed by atoms with E-state index < -0.39 is 12.0 Å². The van der Waals surface area contributed by atoms with E-state index in [1.54, 1.807) is 6.20 Å². The number of pyridine rings is 1. The summed E-state index contributed by atoms with van der Waals surface area (Å²) < 4.78 is 28.0. The lowest BCUT2D eigenvalue weighted by Gasteiger charge is -2.22. The molecule has 1 aromatic heterocycles. The molecule has 0 unspecified atom stereocenters. The Labute approximate surface area is 334 Å². The minimum Gasteiger partial charge on any atom is -0.491 e. The number of carboxylic acid groups (broad SMARTS) is 1. The summed E-state index contributed by atoms with van der Waals surface area (Å²) in [5.74, 6) is 0.582. The molecule has 15 heteroatoms. The highest BCUT2D eigenvalue weighted by molar-refractivity contribution is 6.00. The first-order valence-corrected chi connectivity index (χ1v) is 19.3. The summed E-state index contributed by atoms with van der Waals surface area (Å²) >= 11 is 0. The summed E-state index contributed by atoms with van der Waals surface area (Å²) in [5.41, 5.74) is 12.2. The van der Waals surface area contributed by atoms with Crippen LogP contribution in [0.15, 0.2) is 84.1 Å². The Bertz CT molecular complexity index is 1860. The zero-order chi connectivity index (χ0) is 40.5. The topological polar surface area (TPSA) is 198 Å². The summed E-state index contributed by atoms with van der Waals surface area (Å²) in [6, 6.07) is 23.2. The number of aromatic nitrogens is 1. The summed E-state index contributed by atoms with van der Waals surface area (Å²) in [6.07, 6.45) is 2.69. The van der Waals surface area contributed by atoms with Crippen LogP contribution in [0.1, 0.15) is 43.4 Å². The summed E-state index contributed by atoms with van der Waals surface area (Å²) in [4.78, 5) is 31.3. The zero-order valence-corrected chi connectivity index (χ0v) is 32.9. The van der Waals surface area contributed by atoms with E-state index in [2.05, 4.69) is 37.0 Å². The molecule has 0 radical (unpaired) electrons. The molecule has 0 saturated heterocycles. The number of nitrogens with zero attached hydrogens (tertiary/aromatic N) is 4. The van der Waals surface area contributed by atoms with Gasteiger partial charge in [0.1, 0.15) is 18.2 Å². The lowest BCUT2D eigenvalue weighted by atomic mass is 9.95. The Kier molecular flexibility index (Phi) is 20.1. The van der Waals surface area contributed by atoms with Crippen molar-refractivity contribution in [3.63, 3.8) is 0 Å². The number of hydrogen-bond donors (Lipinski definition) is 4. The van der Waals surface area contributed by atoms with Crippen molar-refractivity contribution in [2.75, 3.05) is 84.4 Å². The molecule has 2 atom stereocenters. The molecule has 3 aromatic carbocycles. The molecule has 4 rings (SSSR count). The van der Waals surface area contributed by atoms with E-state index >= 15 is 0 Å². The molecule has 4 N–H and O–H groups in total. The molecule has 57 heavy (non-hydrogen) atoms. The maximum Gasteiger partial charge on any atom is 0.305 e. The Morgan fingerprint density at radius 2 is 1.53 bits per heavy atom. The van der Waals surface area contributed by atoms with Crippen molar-refractivity contribution in [1.29, 1.82) is 0 Å². The number of ether oxygens (including phenoxy) is 5. The third kappa shape index (κ3) is 16.8. The number of carboxylic acids is 1. The van der Waals surface area contributed by atoms with Crippen LogP contribution in [0.2, 0.25) is 0 Å². The number of aryl methyl sites for hydroxylation is 1. The number of hydrogen-bond acceptors (Lipinski definition) is 11. The molecule has 15 nitrogen and oxygen atoms in total. The molecule has 1 heterocycles. The van der Waals surface area contributed by atoms with Gasteiger partial charge in [0.25, 0.3) is 0 Å². The maximum absolute atomic E-state index is 12.6. The van der Waals surface area contributed by atoms with Crippen LogP contribution in [0.5, 0.6) is 5.75 Å². The molecule has 0 spiro atoms. The van der Waals surface area contributed by atoms with Gasteiger partial charge in [-0.1, -0.05) is 59.7 Å². The molecule has 4 aromatic rings.